The van der Waals surface area contributed by atoms with Crippen molar-refractivity contribution in [3.63, 3.8) is 0 Å². The zero-order chi connectivity index (χ0) is 21.8. The highest BCUT2D eigenvalue weighted by molar-refractivity contribution is 5.77. The van der Waals surface area contributed by atoms with E-state index in [4.69, 9.17) is 0 Å². The molecule has 0 radical (unpaired) electrons. The van der Waals surface area contributed by atoms with Gasteiger partial charge in [-0.25, -0.2) is 9.97 Å². The highest BCUT2D eigenvalue weighted by atomic mass is 19.4. The standard InChI is InChI=1S/C20H26F3N5O2/c1-27-11-8-25-18(27)19(30,20(21,22)23)13-17(29)26-14-15-6-7-24-16(12-15)28-9-4-2-3-5-10-28/h6-8,11-12,30H,2-5,9-10,13-14H2,1H3,(H,26,29). The lowest BCUT2D eigenvalue weighted by atomic mass is 9.97. The van der Waals surface area contributed by atoms with Gasteiger partial charge in [0.15, 0.2) is 5.82 Å². The molecule has 1 saturated heterocycles. The van der Waals surface area contributed by atoms with E-state index in [1.165, 1.54) is 26.1 Å². The molecule has 0 aliphatic carbocycles. The Labute approximate surface area is 172 Å². The van der Waals surface area contributed by atoms with Gasteiger partial charge in [0, 0.05) is 45.3 Å². The summed E-state index contributed by atoms with van der Waals surface area (Å²) in [6.45, 7) is 1.85. The van der Waals surface area contributed by atoms with Crippen molar-refractivity contribution in [3.05, 3.63) is 42.1 Å². The van der Waals surface area contributed by atoms with Crippen LogP contribution in [0.25, 0.3) is 0 Å². The number of aliphatic hydroxyl groups is 1. The minimum Gasteiger partial charge on any atom is -0.374 e. The number of amides is 1. The number of pyridine rings is 1. The molecule has 10 heteroatoms. The fraction of sp³-hybridized carbons (Fsp3) is 0.550. The lowest BCUT2D eigenvalue weighted by Gasteiger charge is -2.29. The van der Waals surface area contributed by atoms with E-state index >= 15 is 0 Å². The number of nitrogens with one attached hydrogen (secondary N) is 1. The van der Waals surface area contributed by atoms with E-state index in [1.807, 2.05) is 6.07 Å². The first-order chi connectivity index (χ1) is 14.2. The topological polar surface area (TPSA) is 83.3 Å². The molecule has 30 heavy (non-hydrogen) atoms. The zero-order valence-electron chi connectivity index (χ0n) is 16.8. The number of carbonyl (C=O) groups excluding carboxylic acids is 1. The molecule has 7 nitrogen and oxygen atoms in total. The van der Waals surface area contributed by atoms with E-state index in [0.29, 0.717) is 0 Å². The lowest BCUT2D eigenvalue weighted by Crippen LogP contribution is -2.47. The van der Waals surface area contributed by atoms with Gasteiger partial charge in [0.25, 0.3) is 0 Å². The second-order valence-electron chi connectivity index (χ2n) is 7.60. The molecule has 1 atom stereocenters. The van der Waals surface area contributed by atoms with E-state index in [2.05, 4.69) is 20.2 Å². The number of aryl methyl sites for hydroxylation is 1. The third-order valence-corrected chi connectivity index (χ3v) is 5.31. The summed E-state index contributed by atoms with van der Waals surface area (Å²) in [6.07, 6.45) is 2.37. The Morgan fingerprint density at radius 2 is 1.87 bits per heavy atom. The molecule has 0 saturated carbocycles. The van der Waals surface area contributed by atoms with Crippen LogP contribution >= 0.6 is 0 Å². The molecule has 0 spiro atoms. The molecule has 164 valence electrons. The number of rotatable bonds is 6. The first-order valence-corrected chi connectivity index (χ1v) is 9.94. The molecule has 1 aliphatic heterocycles. The average molecular weight is 425 g/mol. The predicted octanol–water partition coefficient (Wildman–Crippen LogP) is 2.65. The van der Waals surface area contributed by atoms with Crippen molar-refractivity contribution in [2.75, 3.05) is 18.0 Å². The van der Waals surface area contributed by atoms with Crippen LogP contribution in [-0.2, 0) is 24.0 Å². The summed E-state index contributed by atoms with van der Waals surface area (Å²) >= 11 is 0. The summed E-state index contributed by atoms with van der Waals surface area (Å²) < 4.78 is 41.8. The quantitative estimate of drug-likeness (QED) is 0.744. The van der Waals surface area contributed by atoms with Crippen LogP contribution in [0.1, 0.15) is 43.5 Å². The molecule has 2 N–H and O–H groups in total. The van der Waals surface area contributed by atoms with Crippen LogP contribution in [-0.4, -0.2) is 44.8 Å². The largest absolute Gasteiger partial charge is 0.425 e. The van der Waals surface area contributed by atoms with E-state index in [0.717, 1.165) is 48.1 Å². The van der Waals surface area contributed by atoms with Gasteiger partial charge in [-0.05, 0) is 30.5 Å². The molecular weight excluding hydrogens is 399 g/mol. The summed E-state index contributed by atoms with van der Waals surface area (Å²) in [7, 11) is 1.33. The second kappa shape index (κ2) is 9.03. The number of imidazole rings is 1. The third kappa shape index (κ3) is 4.92. The van der Waals surface area contributed by atoms with Crippen molar-refractivity contribution in [2.24, 2.45) is 7.05 Å². The number of hydrogen-bond donors (Lipinski definition) is 2. The van der Waals surface area contributed by atoms with Crippen molar-refractivity contribution in [1.82, 2.24) is 19.9 Å². The van der Waals surface area contributed by atoms with Crippen molar-refractivity contribution in [2.45, 2.75) is 50.4 Å². The molecular formula is C20H26F3N5O2. The predicted molar refractivity (Wildman–Crippen MR) is 105 cm³/mol. The highest BCUT2D eigenvalue weighted by Crippen LogP contribution is 2.40. The van der Waals surface area contributed by atoms with Gasteiger partial charge in [-0.15, -0.1) is 0 Å². The van der Waals surface area contributed by atoms with Crippen LogP contribution < -0.4 is 10.2 Å². The van der Waals surface area contributed by atoms with Crippen LogP contribution in [0, 0.1) is 0 Å². The second-order valence-corrected chi connectivity index (χ2v) is 7.60. The Hall–Kier alpha value is -2.62. The lowest BCUT2D eigenvalue weighted by molar-refractivity contribution is -0.271. The number of nitrogens with zero attached hydrogens (tertiary/aromatic N) is 4. The van der Waals surface area contributed by atoms with Gasteiger partial charge in [-0.1, -0.05) is 12.8 Å². The van der Waals surface area contributed by atoms with Gasteiger partial charge in [-0.3, -0.25) is 4.79 Å². The zero-order valence-corrected chi connectivity index (χ0v) is 16.8. The number of halogens is 3. The van der Waals surface area contributed by atoms with Crippen molar-refractivity contribution >= 4 is 11.7 Å². The summed E-state index contributed by atoms with van der Waals surface area (Å²) in [5.41, 5.74) is -2.64. The van der Waals surface area contributed by atoms with Crippen molar-refractivity contribution in [1.29, 1.82) is 0 Å². The SMILES string of the molecule is Cn1ccnc1C(O)(CC(=O)NCc1ccnc(N2CCCCCC2)c1)C(F)(F)F. The van der Waals surface area contributed by atoms with Crippen molar-refractivity contribution < 1.29 is 23.1 Å². The Morgan fingerprint density at radius 1 is 1.17 bits per heavy atom. The molecule has 1 fully saturated rings. The molecule has 0 aromatic carbocycles. The molecule has 2 aromatic rings. The summed E-state index contributed by atoms with van der Waals surface area (Å²) in [4.78, 5) is 22.4. The maximum Gasteiger partial charge on any atom is 0.425 e. The van der Waals surface area contributed by atoms with E-state index in [1.54, 1.807) is 12.3 Å². The number of hydrogen-bond acceptors (Lipinski definition) is 5. The van der Waals surface area contributed by atoms with Crippen LogP contribution in [0.4, 0.5) is 19.0 Å². The minimum absolute atomic E-state index is 0.0384. The van der Waals surface area contributed by atoms with E-state index in [9.17, 15) is 23.1 Å². The summed E-state index contributed by atoms with van der Waals surface area (Å²) in [6, 6.07) is 3.54. The number of aromatic nitrogens is 3. The first-order valence-electron chi connectivity index (χ1n) is 9.94. The third-order valence-electron chi connectivity index (χ3n) is 5.31. The van der Waals surface area contributed by atoms with Crippen LogP contribution in [0.15, 0.2) is 30.7 Å². The fourth-order valence-corrected chi connectivity index (χ4v) is 3.61. The Balaban J connectivity index is 1.66. The Bertz CT molecular complexity index is 862. The van der Waals surface area contributed by atoms with Gasteiger partial charge in [-0.2, -0.15) is 13.2 Å². The first kappa shape index (κ1) is 22.1. The summed E-state index contributed by atoms with van der Waals surface area (Å²) in [5.74, 6) is -0.757. The van der Waals surface area contributed by atoms with Gasteiger partial charge in [0.1, 0.15) is 5.82 Å². The fourth-order valence-electron chi connectivity index (χ4n) is 3.61. The maximum absolute atomic E-state index is 13.6. The van der Waals surface area contributed by atoms with E-state index < -0.39 is 29.9 Å². The minimum atomic E-state index is -5.06. The molecule has 1 unspecified atom stereocenters. The van der Waals surface area contributed by atoms with Gasteiger partial charge >= 0.3 is 6.18 Å². The van der Waals surface area contributed by atoms with Crippen molar-refractivity contribution in [3.8, 4) is 0 Å². The monoisotopic (exact) mass is 425 g/mol. The van der Waals surface area contributed by atoms with Gasteiger partial charge in [0.05, 0.1) is 6.42 Å². The summed E-state index contributed by atoms with van der Waals surface area (Å²) in [5, 5.41) is 12.8. The molecule has 1 amide bonds. The van der Waals surface area contributed by atoms with Gasteiger partial charge < -0.3 is 19.9 Å². The Morgan fingerprint density at radius 3 is 2.47 bits per heavy atom. The molecule has 2 aromatic heterocycles. The van der Waals surface area contributed by atoms with E-state index in [-0.39, 0.29) is 6.54 Å². The number of anilines is 1. The van der Waals surface area contributed by atoms with Crippen LogP contribution in [0.5, 0.6) is 0 Å². The number of carbonyl (C=O) groups is 1. The normalized spacial score (nSPS) is 17.3. The smallest absolute Gasteiger partial charge is 0.374 e. The van der Waals surface area contributed by atoms with Crippen LogP contribution in [0.3, 0.4) is 0 Å². The molecule has 1 aliphatic rings. The molecule has 0 bridgehead atoms. The molecule has 3 rings (SSSR count). The maximum atomic E-state index is 13.6. The van der Waals surface area contributed by atoms with Gasteiger partial charge in [0.2, 0.25) is 11.5 Å². The average Bonchev–Trinajstić information content (AvgIpc) is 2.96. The molecule has 3 heterocycles. The highest BCUT2D eigenvalue weighted by Gasteiger charge is 2.58. The van der Waals surface area contributed by atoms with Crippen LogP contribution in [0.2, 0.25) is 0 Å². The number of alkyl halides is 3. The Kier molecular flexibility index (Phi) is 6.64.